The van der Waals surface area contributed by atoms with E-state index in [1.165, 1.54) is 5.56 Å². The van der Waals surface area contributed by atoms with Gasteiger partial charge in [-0.1, -0.05) is 33.8 Å². The molecule has 1 heterocycles. The Labute approximate surface area is 110 Å². The molecule has 2 atom stereocenters. The van der Waals surface area contributed by atoms with Crippen molar-refractivity contribution in [2.24, 2.45) is 11.3 Å². The van der Waals surface area contributed by atoms with E-state index in [4.69, 9.17) is 4.74 Å². The molecule has 1 aliphatic rings. The van der Waals surface area contributed by atoms with E-state index in [0.29, 0.717) is 5.92 Å². The average Bonchev–Trinajstić information content (AvgIpc) is 2.74. The number of hydrogen-bond donors (Lipinski definition) is 1. The van der Waals surface area contributed by atoms with Crippen LogP contribution in [0.4, 0.5) is 0 Å². The summed E-state index contributed by atoms with van der Waals surface area (Å²) in [5.74, 6) is 1.46. The molecule has 1 aliphatic heterocycles. The number of ether oxygens (including phenoxy) is 1. The molecule has 2 rings (SSSR count). The number of benzene rings is 1. The average molecular weight is 248 g/mol. The van der Waals surface area contributed by atoms with Crippen LogP contribution in [0, 0.1) is 11.3 Å². The standard InChI is InChI=1S/C16H24O2/c1-11(16(2,3)4)9-14(17)12-5-6-15-13(10-12)7-8-18-15/h5-6,10-11,14,17H,7-9H2,1-4H3. The van der Waals surface area contributed by atoms with Crippen LogP contribution in [0.1, 0.15) is 51.3 Å². The maximum absolute atomic E-state index is 10.3. The van der Waals surface area contributed by atoms with Gasteiger partial charge in [0.05, 0.1) is 12.7 Å². The van der Waals surface area contributed by atoms with Crippen molar-refractivity contribution in [1.29, 1.82) is 0 Å². The Morgan fingerprint density at radius 2 is 2.06 bits per heavy atom. The van der Waals surface area contributed by atoms with Gasteiger partial charge in [0.25, 0.3) is 0 Å². The normalized spacial score (nSPS) is 18.1. The molecule has 100 valence electrons. The molecular formula is C16H24O2. The fraction of sp³-hybridized carbons (Fsp3) is 0.625. The molecule has 0 radical (unpaired) electrons. The lowest BCUT2D eigenvalue weighted by molar-refractivity contribution is 0.111. The lowest BCUT2D eigenvalue weighted by Gasteiger charge is -2.29. The van der Waals surface area contributed by atoms with Crippen molar-refractivity contribution in [1.82, 2.24) is 0 Å². The van der Waals surface area contributed by atoms with E-state index in [9.17, 15) is 5.11 Å². The third kappa shape index (κ3) is 2.86. The minimum absolute atomic E-state index is 0.237. The van der Waals surface area contributed by atoms with Crippen LogP contribution >= 0.6 is 0 Å². The van der Waals surface area contributed by atoms with Crippen LogP contribution < -0.4 is 4.74 Å². The summed E-state index contributed by atoms with van der Waals surface area (Å²) >= 11 is 0. The van der Waals surface area contributed by atoms with Gasteiger partial charge in [0.2, 0.25) is 0 Å². The van der Waals surface area contributed by atoms with E-state index in [1.54, 1.807) is 0 Å². The summed E-state index contributed by atoms with van der Waals surface area (Å²) in [7, 11) is 0. The molecule has 0 spiro atoms. The van der Waals surface area contributed by atoms with Crippen LogP contribution in [-0.4, -0.2) is 11.7 Å². The number of fused-ring (bicyclic) bond motifs is 1. The Morgan fingerprint density at radius 1 is 1.33 bits per heavy atom. The van der Waals surface area contributed by atoms with Crippen molar-refractivity contribution in [2.75, 3.05) is 6.61 Å². The Hall–Kier alpha value is -1.02. The first-order valence-electron chi connectivity index (χ1n) is 6.81. The van der Waals surface area contributed by atoms with Gasteiger partial charge in [0.1, 0.15) is 5.75 Å². The first-order chi connectivity index (χ1) is 8.38. The minimum atomic E-state index is -0.370. The van der Waals surface area contributed by atoms with Crippen molar-refractivity contribution >= 4 is 0 Å². The van der Waals surface area contributed by atoms with Crippen molar-refractivity contribution in [3.8, 4) is 5.75 Å². The summed E-state index contributed by atoms with van der Waals surface area (Å²) in [5, 5.41) is 10.3. The smallest absolute Gasteiger partial charge is 0.122 e. The molecule has 0 saturated carbocycles. The highest BCUT2D eigenvalue weighted by molar-refractivity contribution is 5.40. The summed E-state index contributed by atoms with van der Waals surface area (Å²) in [4.78, 5) is 0. The van der Waals surface area contributed by atoms with Crippen LogP contribution in [0.25, 0.3) is 0 Å². The molecular weight excluding hydrogens is 224 g/mol. The van der Waals surface area contributed by atoms with Crippen molar-refractivity contribution in [3.63, 3.8) is 0 Å². The molecule has 0 amide bonds. The fourth-order valence-corrected chi connectivity index (χ4v) is 2.24. The van der Waals surface area contributed by atoms with Crippen LogP contribution in [0.2, 0.25) is 0 Å². The van der Waals surface area contributed by atoms with Crippen LogP contribution in [0.15, 0.2) is 18.2 Å². The van der Waals surface area contributed by atoms with Gasteiger partial charge in [-0.25, -0.2) is 0 Å². The van der Waals surface area contributed by atoms with Crippen molar-refractivity contribution in [3.05, 3.63) is 29.3 Å². The highest BCUT2D eigenvalue weighted by Crippen LogP contribution is 2.35. The zero-order chi connectivity index (χ0) is 13.3. The predicted octanol–water partition coefficient (Wildman–Crippen LogP) is 3.73. The van der Waals surface area contributed by atoms with Gasteiger partial charge in [-0.3, -0.25) is 0 Å². The molecule has 2 unspecified atom stereocenters. The largest absolute Gasteiger partial charge is 0.493 e. The summed E-state index contributed by atoms with van der Waals surface area (Å²) < 4.78 is 5.49. The molecule has 2 heteroatoms. The summed E-state index contributed by atoms with van der Waals surface area (Å²) in [6.07, 6.45) is 1.40. The molecule has 0 fully saturated rings. The molecule has 1 aromatic carbocycles. The Bertz CT molecular complexity index is 418. The van der Waals surface area contributed by atoms with E-state index < -0.39 is 0 Å². The number of hydrogen-bond acceptors (Lipinski definition) is 2. The molecule has 2 nitrogen and oxygen atoms in total. The third-order valence-corrected chi connectivity index (χ3v) is 4.15. The predicted molar refractivity (Wildman–Crippen MR) is 73.8 cm³/mol. The molecule has 0 saturated heterocycles. The zero-order valence-electron chi connectivity index (χ0n) is 11.9. The SMILES string of the molecule is CC(CC(O)c1ccc2c(c1)CCO2)C(C)(C)C. The van der Waals surface area contributed by atoms with E-state index >= 15 is 0 Å². The molecule has 0 aliphatic carbocycles. The molecule has 18 heavy (non-hydrogen) atoms. The molecule has 1 N–H and O–H groups in total. The minimum Gasteiger partial charge on any atom is -0.493 e. The molecule has 0 aromatic heterocycles. The summed E-state index contributed by atoms with van der Waals surface area (Å²) in [5.41, 5.74) is 2.49. The summed E-state index contributed by atoms with van der Waals surface area (Å²) in [6, 6.07) is 6.08. The topological polar surface area (TPSA) is 29.5 Å². The van der Waals surface area contributed by atoms with Gasteiger partial charge < -0.3 is 9.84 Å². The Kier molecular flexibility index (Phi) is 3.67. The van der Waals surface area contributed by atoms with Crippen LogP contribution in [0.5, 0.6) is 5.75 Å². The Morgan fingerprint density at radius 3 is 2.72 bits per heavy atom. The highest BCUT2D eigenvalue weighted by atomic mass is 16.5. The molecule has 1 aromatic rings. The van der Waals surface area contributed by atoms with Gasteiger partial charge in [-0.05, 0) is 41.0 Å². The quantitative estimate of drug-likeness (QED) is 0.883. The second-order valence-electron chi connectivity index (χ2n) is 6.48. The maximum Gasteiger partial charge on any atom is 0.122 e. The monoisotopic (exact) mass is 248 g/mol. The van der Waals surface area contributed by atoms with Gasteiger partial charge in [-0.15, -0.1) is 0 Å². The first kappa shape index (κ1) is 13.4. The zero-order valence-corrected chi connectivity index (χ0v) is 11.9. The third-order valence-electron chi connectivity index (χ3n) is 4.15. The van der Waals surface area contributed by atoms with E-state index in [1.807, 2.05) is 12.1 Å². The number of aliphatic hydroxyl groups excluding tert-OH is 1. The maximum atomic E-state index is 10.3. The fourth-order valence-electron chi connectivity index (χ4n) is 2.24. The van der Waals surface area contributed by atoms with Crippen LogP contribution in [-0.2, 0) is 6.42 Å². The number of rotatable bonds is 3. The van der Waals surface area contributed by atoms with Gasteiger partial charge in [0, 0.05) is 6.42 Å². The lowest BCUT2D eigenvalue weighted by atomic mass is 9.78. The van der Waals surface area contributed by atoms with Gasteiger partial charge in [0.15, 0.2) is 0 Å². The lowest BCUT2D eigenvalue weighted by Crippen LogP contribution is -2.19. The van der Waals surface area contributed by atoms with E-state index in [2.05, 4.69) is 33.8 Å². The van der Waals surface area contributed by atoms with E-state index in [0.717, 1.165) is 30.8 Å². The van der Waals surface area contributed by atoms with Gasteiger partial charge in [-0.2, -0.15) is 0 Å². The van der Waals surface area contributed by atoms with Gasteiger partial charge >= 0.3 is 0 Å². The first-order valence-corrected chi connectivity index (χ1v) is 6.81. The van der Waals surface area contributed by atoms with Crippen LogP contribution in [0.3, 0.4) is 0 Å². The number of aliphatic hydroxyl groups is 1. The highest BCUT2D eigenvalue weighted by Gasteiger charge is 2.24. The summed E-state index contributed by atoms with van der Waals surface area (Å²) in [6.45, 7) is 9.65. The van der Waals surface area contributed by atoms with Crippen molar-refractivity contribution in [2.45, 2.75) is 46.6 Å². The second-order valence-corrected chi connectivity index (χ2v) is 6.48. The van der Waals surface area contributed by atoms with Crippen molar-refractivity contribution < 1.29 is 9.84 Å². The van der Waals surface area contributed by atoms with E-state index in [-0.39, 0.29) is 11.5 Å². The molecule has 0 bridgehead atoms. The Balaban J connectivity index is 2.07. The second kappa shape index (κ2) is 4.93.